The molecule has 0 aromatic heterocycles. The summed E-state index contributed by atoms with van der Waals surface area (Å²) in [6, 6.07) is 4.81. The number of halogens is 3. The van der Waals surface area contributed by atoms with Gasteiger partial charge in [0, 0.05) is 39.3 Å². The third-order valence-electron chi connectivity index (χ3n) is 7.17. The standard InChI is InChI=1S/C27H35F3N6OS2/c1-4-11-32-24(38)34-16-14-33(15-17-34)12-7-5-6-8-13-35-25(39)36(23(37)26(35,2)3)21-10-9-20(19-31)22(18-21)27(28,29)30/h4,9-10,18H,1,5-8,11-17H2,2-3H3,(H,32,38). The average molecular weight is 581 g/mol. The van der Waals surface area contributed by atoms with Crippen molar-refractivity contribution >= 4 is 46.3 Å². The minimum atomic E-state index is -4.72. The lowest BCUT2D eigenvalue weighted by Crippen LogP contribution is -2.51. The van der Waals surface area contributed by atoms with Gasteiger partial charge in [-0.3, -0.25) is 14.6 Å². The minimum Gasteiger partial charge on any atom is -0.359 e. The van der Waals surface area contributed by atoms with Crippen molar-refractivity contribution in [2.75, 3.05) is 50.7 Å². The van der Waals surface area contributed by atoms with E-state index in [1.165, 1.54) is 6.07 Å². The van der Waals surface area contributed by atoms with E-state index in [0.29, 0.717) is 13.1 Å². The summed E-state index contributed by atoms with van der Waals surface area (Å²) < 4.78 is 40.5. The number of carbonyl (C=O) groups excluding carboxylic acids is 1. The molecule has 2 saturated heterocycles. The Morgan fingerprint density at radius 2 is 1.79 bits per heavy atom. The molecule has 0 bridgehead atoms. The van der Waals surface area contributed by atoms with Crippen LogP contribution in [0.3, 0.4) is 0 Å². The van der Waals surface area contributed by atoms with Gasteiger partial charge in [0.05, 0.1) is 22.9 Å². The minimum absolute atomic E-state index is 0.0178. The lowest BCUT2D eigenvalue weighted by Gasteiger charge is -2.36. The molecule has 39 heavy (non-hydrogen) atoms. The SMILES string of the molecule is C=CCNC(=S)N1CCN(CCCCCCN2C(=S)N(c3ccc(C#N)c(C(F)(F)F)c3)C(=O)C2(C)C)CC1. The summed E-state index contributed by atoms with van der Waals surface area (Å²) in [6.07, 6.45) is 0.921. The van der Waals surface area contributed by atoms with E-state index in [2.05, 4.69) is 21.7 Å². The monoisotopic (exact) mass is 580 g/mol. The van der Waals surface area contributed by atoms with E-state index in [1.807, 2.05) is 0 Å². The molecular weight excluding hydrogens is 545 g/mol. The third kappa shape index (κ3) is 7.26. The first-order chi connectivity index (χ1) is 18.4. The van der Waals surface area contributed by atoms with Gasteiger partial charge in [-0.2, -0.15) is 18.4 Å². The number of thiocarbonyl (C=S) groups is 2. The van der Waals surface area contributed by atoms with Gasteiger partial charge in [-0.1, -0.05) is 18.9 Å². The zero-order chi connectivity index (χ0) is 28.8. The van der Waals surface area contributed by atoms with Crippen LogP contribution in [0.25, 0.3) is 0 Å². The van der Waals surface area contributed by atoms with Gasteiger partial charge in [0.15, 0.2) is 10.2 Å². The summed E-state index contributed by atoms with van der Waals surface area (Å²) in [5, 5.41) is 13.2. The zero-order valence-electron chi connectivity index (χ0n) is 22.4. The Hall–Kier alpha value is -2.75. The fourth-order valence-electron chi connectivity index (χ4n) is 4.85. The van der Waals surface area contributed by atoms with Crippen LogP contribution in [0.1, 0.15) is 50.7 Å². The lowest BCUT2D eigenvalue weighted by molar-refractivity contribution is -0.137. The van der Waals surface area contributed by atoms with Crippen molar-refractivity contribution in [2.45, 2.75) is 51.2 Å². The van der Waals surface area contributed by atoms with E-state index in [-0.39, 0.29) is 16.7 Å². The van der Waals surface area contributed by atoms with Crippen molar-refractivity contribution in [3.05, 3.63) is 42.0 Å². The number of nitrogens with zero attached hydrogens (tertiary/aromatic N) is 5. The van der Waals surface area contributed by atoms with Gasteiger partial charge < -0.3 is 15.1 Å². The maximum atomic E-state index is 13.5. The predicted molar refractivity (Wildman–Crippen MR) is 154 cm³/mol. The quantitative estimate of drug-likeness (QED) is 0.246. The first-order valence-corrected chi connectivity index (χ1v) is 13.9. The van der Waals surface area contributed by atoms with Crippen LogP contribution in [0.15, 0.2) is 30.9 Å². The summed E-state index contributed by atoms with van der Waals surface area (Å²) in [7, 11) is 0. The van der Waals surface area contributed by atoms with Crippen LogP contribution in [0.2, 0.25) is 0 Å². The number of benzene rings is 1. The number of hydrogen-bond acceptors (Lipinski definition) is 5. The normalized spacial score (nSPS) is 17.9. The van der Waals surface area contributed by atoms with Crippen LogP contribution in [0.4, 0.5) is 18.9 Å². The molecule has 0 spiro atoms. The van der Waals surface area contributed by atoms with Crippen molar-refractivity contribution < 1.29 is 18.0 Å². The number of amides is 1. The summed E-state index contributed by atoms with van der Waals surface area (Å²) in [5.41, 5.74) is -2.54. The molecule has 0 radical (unpaired) electrons. The Labute approximate surface area is 239 Å². The molecule has 1 aromatic carbocycles. The number of unbranched alkanes of at least 4 members (excludes halogenated alkanes) is 3. The highest BCUT2D eigenvalue weighted by Gasteiger charge is 2.49. The van der Waals surface area contributed by atoms with Crippen molar-refractivity contribution in [1.82, 2.24) is 20.0 Å². The van der Waals surface area contributed by atoms with Crippen LogP contribution in [0.5, 0.6) is 0 Å². The Bertz CT molecular complexity index is 1130. The summed E-state index contributed by atoms with van der Waals surface area (Å²) in [5.74, 6) is -0.386. The van der Waals surface area contributed by atoms with Crippen LogP contribution < -0.4 is 10.2 Å². The van der Waals surface area contributed by atoms with E-state index in [4.69, 9.17) is 29.7 Å². The predicted octanol–water partition coefficient (Wildman–Crippen LogP) is 4.53. The van der Waals surface area contributed by atoms with Crippen molar-refractivity contribution in [3.8, 4) is 6.07 Å². The van der Waals surface area contributed by atoms with Crippen LogP contribution in [0, 0.1) is 11.3 Å². The fourth-order valence-corrected chi connectivity index (χ4v) is 5.62. The maximum Gasteiger partial charge on any atom is 0.417 e. The molecular formula is C27H35F3N6OS2. The van der Waals surface area contributed by atoms with Crippen LogP contribution >= 0.6 is 24.4 Å². The number of hydrogen-bond donors (Lipinski definition) is 1. The molecule has 2 fully saturated rings. The number of rotatable bonds is 10. The summed E-state index contributed by atoms with van der Waals surface area (Å²) in [4.78, 5) is 20.8. The van der Waals surface area contributed by atoms with Crippen molar-refractivity contribution in [2.24, 2.45) is 0 Å². The van der Waals surface area contributed by atoms with Crippen LogP contribution in [-0.4, -0.2) is 82.2 Å². The van der Waals surface area contributed by atoms with E-state index < -0.39 is 22.8 Å². The second kappa shape index (κ2) is 13.1. The fraction of sp³-hybridized carbons (Fsp3) is 0.556. The number of piperazine rings is 1. The molecule has 0 saturated carbocycles. The Morgan fingerprint density at radius 1 is 1.15 bits per heavy atom. The molecule has 1 amide bonds. The topological polar surface area (TPSA) is 65.8 Å². The van der Waals surface area contributed by atoms with Gasteiger partial charge in [-0.25, -0.2) is 0 Å². The molecule has 3 rings (SSSR count). The highest BCUT2D eigenvalue weighted by atomic mass is 32.1. The van der Waals surface area contributed by atoms with E-state index >= 15 is 0 Å². The third-order valence-corrected chi connectivity index (χ3v) is 7.98. The number of carbonyl (C=O) groups is 1. The number of nitriles is 1. The zero-order valence-corrected chi connectivity index (χ0v) is 24.0. The van der Waals surface area contributed by atoms with Gasteiger partial charge in [0.2, 0.25) is 0 Å². The molecule has 1 aromatic rings. The van der Waals surface area contributed by atoms with Crippen molar-refractivity contribution in [1.29, 1.82) is 5.26 Å². The second-order valence-corrected chi connectivity index (χ2v) is 10.9. The number of nitrogens with one attached hydrogen (secondary N) is 1. The van der Waals surface area contributed by atoms with E-state index in [0.717, 1.165) is 80.6 Å². The molecule has 212 valence electrons. The Kier molecular flexibility index (Phi) is 10.3. The molecule has 2 aliphatic rings. The first-order valence-electron chi connectivity index (χ1n) is 13.1. The van der Waals surface area contributed by atoms with E-state index in [1.54, 1.807) is 30.9 Å². The molecule has 0 aliphatic carbocycles. The van der Waals surface area contributed by atoms with Crippen LogP contribution in [-0.2, 0) is 11.0 Å². The largest absolute Gasteiger partial charge is 0.417 e. The van der Waals surface area contributed by atoms with Gasteiger partial charge in [0.25, 0.3) is 5.91 Å². The highest BCUT2D eigenvalue weighted by molar-refractivity contribution is 7.80. The molecule has 0 atom stereocenters. The molecule has 0 unspecified atom stereocenters. The van der Waals surface area contributed by atoms with Gasteiger partial charge >= 0.3 is 6.18 Å². The van der Waals surface area contributed by atoms with E-state index in [9.17, 15) is 18.0 Å². The highest BCUT2D eigenvalue weighted by Crippen LogP contribution is 2.38. The van der Waals surface area contributed by atoms with Gasteiger partial charge in [-0.05, 0) is 75.9 Å². The molecule has 1 N–H and O–H groups in total. The maximum absolute atomic E-state index is 13.5. The molecule has 2 heterocycles. The average Bonchev–Trinajstić information content (AvgIpc) is 3.07. The number of anilines is 1. The van der Waals surface area contributed by atoms with Gasteiger partial charge in [-0.15, -0.1) is 6.58 Å². The molecule has 2 aliphatic heterocycles. The first kappa shape index (κ1) is 30.8. The van der Waals surface area contributed by atoms with Gasteiger partial charge in [0.1, 0.15) is 5.54 Å². The Morgan fingerprint density at radius 3 is 2.38 bits per heavy atom. The lowest BCUT2D eigenvalue weighted by atomic mass is 10.0. The second-order valence-electron chi connectivity index (χ2n) is 10.2. The Balaban J connectivity index is 1.48. The number of alkyl halides is 3. The van der Waals surface area contributed by atoms with Crippen molar-refractivity contribution in [3.63, 3.8) is 0 Å². The summed E-state index contributed by atoms with van der Waals surface area (Å²) >= 11 is 11.0. The molecule has 7 nitrogen and oxygen atoms in total. The molecule has 12 heteroatoms. The summed E-state index contributed by atoms with van der Waals surface area (Å²) in [6.45, 7) is 13.1. The smallest absolute Gasteiger partial charge is 0.359 e.